The Morgan fingerprint density at radius 2 is 2.04 bits per heavy atom. The number of sulfone groups is 1. The molecule has 1 aromatic carbocycles. The molecule has 124 valence electrons. The molecule has 1 heterocycles. The Bertz CT molecular complexity index is 831. The first kappa shape index (κ1) is 17.3. The Hall–Kier alpha value is -2.01. The lowest BCUT2D eigenvalue weighted by Crippen LogP contribution is -2.14. The third-order valence-electron chi connectivity index (χ3n) is 2.74. The highest BCUT2D eigenvalue weighted by Crippen LogP contribution is 2.29. The van der Waals surface area contributed by atoms with Crippen LogP contribution in [-0.4, -0.2) is 29.4 Å². The summed E-state index contributed by atoms with van der Waals surface area (Å²) in [5, 5.41) is 1.69. The third kappa shape index (κ3) is 4.05. The summed E-state index contributed by atoms with van der Waals surface area (Å²) in [5.74, 6) is -1.04. The summed E-state index contributed by atoms with van der Waals surface area (Å²) in [7, 11) is -3.62. The van der Waals surface area contributed by atoms with Crippen LogP contribution in [0.25, 0.3) is 0 Å². The summed E-state index contributed by atoms with van der Waals surface area (Å²) in [6.07, 6.45) is -4.57. The number of nitrogens with one attached hydrogen (secondary N) is 1. The number of aromatic nitrogens is 2. The van der Waals surface area contributed by atoms with Crippen molar-refractivity contribution in [3.63, 3.8) is 0 Å². The molecule has 0 bridgehead atoms. The van der Waals surface area contributed by atoms with Crippen molar-refractivity contribution in [1.82, 2.24) is 9.36 Å². The van der Waals surface area contributed by atoms with Crippen LogP contribution in [0.15, 0.2) is 29.4 Å². The monoisotopic (exact) mass is 365 g/mol. The van der Waals surface area contributed by atoms with E-state index < -0.39 is 32.6 Å². The molecule has 0 saturated carbocycles. The van der Waals surface area contributed by atoms with Crippen molar-refractivity contribution in [2.75, 3.05) is 11.1 Å². The predicted molar refractivity (Wildman–Crippen MR) is 77.0 cm³/mol. The van der Waals surface area contributed by atoms with Gasteiger partial charge in [0.1, 0.15) is 0 Å². The summed E-state index contributed by atoms with van der Waals surface area (Å²) in [6.45, 7) is 1.41. The minimum absolute atomic E-state index is 0.112. The van der Waals surface area contributed by atoms with Gasteiger partial charge in [0.2, 0.25) is 15.0 Å². The van der Waals surface area contributed by atoms with Gasteiger partial charge in [-0.3, -0.25) is 10.1 Å². The van der Waals surface area contributed by atoms with Crippen LogP contribution >= 0.6 is 11.5 Å². The fourth-order valence-corrected chi connectivity index (χ4v) is 3.11. The number of rotatable bonds is 4. The lowest BCUT2D eigenvalue weighted by atomic mass is 10.1. The van der Waals surface area contributed by atoms with Crippen LogP contribution in [0.2, 0.25) is 0 Å². The highest BCUT2D eigenvalue weighted by Gasteiger charge is 2.31. The van der Waals surface area contributed by atoms with Crippen LogP contribution in [0.5, 0.6) is 0 Å². The molecule has 0 unspecified atom stereocenters. The Morgan fingerprint density at radius 1 is 1.35 bits per heavy atom. The van der Waals surface area contributed by atoms with Gasteiger partial charge in [0.15, 0.2) is 0 Å². The maximum Gasteiger partial charge on any atom is 0.416 e. The molecule has 0 saturated heterocycles. The first-order valence-corrected chi connectivity index (χ1v) is 8.61. The van der Waals surface area contributed by atoms with Gasteiger partial charge in [-0.05, 0) is 18.2 Å². The fourth-order valence-electron chi connectivity index (χ4n) is 1.52. The minimum atomic E-state index is -4.57. The van der Waals surface area contributed by atoms with Crippen LogP contribution < -0.4 is 5.32 Å². The molecule has 6 nitrogen and oxygen atoms in total. The van der Waals surface area contributed by atoms with Crippen molar-refractivity contribution in [2.24, 2.45) is 0 Å². The van der Waals surface area contributed by atoms with Gasteiger partial charge in [0.05, 0.1) is 11.3 Å². The third-order valence-corrected chi connectivity index (χ3v) is 4.98. The molecular weight excluding hydrogens is 355 g/mol. The Kier molecular flexibility index (Phi) is 4.71. The molecule has 0 fully saturated rings. The van der Waals surface area contributed by atoms with E-state index in [1.54, 1.807) is 0 Å². The zero-order valence-electron chi connectivity index (χ0n) is 11.6. The van der Waals surface area contributed by atoms with E-state index in [1.165, 1.54) is 13.0 Å². The molecule has 0 spiro atoms. The van der Waals surface area contributed by atoms with Crippen LogP contribution in [-0.2, 0) is 16.0 Å². The zero-order valence-corrected chi connectivity index (χ0v) is 13.2. The Labute approximate surface area is 133 Å². The van der Waals surface area contributed by atoms with Gasteiger partial charge in [-0.2, -0.15) is 22.5 Å². The molecule has 1 aromatic heterocycles. The largest absolute Gasteiger partial charge is 0.416 e. The average Bonchev–Trinajstić information content (AvgIpc) is 2.96. The van der Waals surface area contributed by atoms with Gasteiger partial charge < -0.3 is 0 Å². The average molecular weight is 365 g/mol. The van der Waals surface area contributed by atoms with Crippen LogP contribution in [0, 0.1) is 0 Å². The van der Waals surface area contributed by atoms with Gasteiger partial charge in [-0.15, -0.1) is 0 Å². The van der Waals surface area contributed by atoms with Crippen molar-refractivity contribution in [2.45, 2.75) is 18.3 Å². The number of nitrogens with zero attached hydrogens (tertiary/aromatic N) is 2. The number of halogens is 3. The van der Waals surface area contributed by atoms with Gasteiger partial charge in [-0.25, -0.2) is 8.42 Å². The second kappa shape index (κ2) is 6.24. The molecular formula is C12H10F3N3O3S2. The topological polar surface area (TPSA) is 89.0 Å². The van der Waals surface area contributed by atoms with E-state index in [0.717, 1.165) is 12.1 Å². The maximum absolute atomic E-state index is 12.6. The van der Waals surface area contributed by atoms with Crippen molar-refractivity contribution < 1.29 is 26.4 Å². The number of hydrogen-bond donors (Lipinski definition) is 1. The van der Waals surface area contributed by atoms with Crippen molar-refractivity contribution in [3.8, 4) is 0 Å². The lowest BCUT2D eigenvalue weighted by molar-refractivity contribution is -0.137. The first-order valence-electron chi connectivity index (χ1n) is 6.18. The van der Waals surface area contributed by atoms with Crippen molar-refractivity contribution >= 4 is 32.4 Å². The van der Waals surface area contributed by atoms with Crippen LogP contribution in [0.3, 0.4) is 0 Å². The van der Waals surface area contributed by atoms with Gasteiger partial charge >= 0.3 is 6.18 Å². The number of benzene rings is 1. The lowest BCUT2D eigenvalue weighted by Gasteiger charge is -2.08. The fraction of sp³-hybridized carbons (Fsp3) is 0.250. The van der Waals surface area contributed by atoms with E-state index in [-0.39, 0.29) is 16.4 Å². The molecule has 0 aliphatic heterocycles. The van der Waals surface area contributed by atoms with E-state index in [1.807, 2.05) is 0 Å². The van der Waals surface area contributed by atoms with Gasteiger partial charge in [0.25, 0.3) is 11.1 Å². The van der Waals surface area contributed by atoms with Gasteiger partial charge in [-0.1, -0.05) is 13.0 Å². The Morgan fingerprint density at radius 3 is 2.65 bits per heavy atom. The number of hydrogen-bond acceptors (Lipinski definition) is 6. The first-order chi connectivity index (χ1) is 10.6. The SMILES string of the molecule is CCS(=O)(=O)c1nsc(NC(=O)c2cccc(C(F)(F)F)c2)n1. The second-order valence-corrected chi connectivity index (χ2v) is 7.24. The normalized spacial score (nSPS) is 12.2. The molecule has 2 rings (SSSR count). The standard InChI is InChI=1S/C12H10F3N3O3S2/c1-2-23(20,21)11-17-10(22-18-11)16-9(19)7-4-3-5-8(6-7)12(13,14)15/h3-6H,2H2,1H3,(H,16,17,18,19). The smallest absolute Gasteiger partial charge is 0.297 e. The second-order valence-electron chi connectivity index (χ2n) is 4.32. The number of alkyl halides is 3. The molecule has 0 radical (unpaired) electrons. The molecule has 0 atom stereocenters. The number of carbonyl (C=O) groups excluding carboxylic acids is 1. The molecule has 1 amide bonds. The molecule has 0 aliphatic carbocycles. The number of carbonyl (C=O) groups is 1. The molecule has 2 aromatic rings. The summed E-state index contributed by atoms with van der Waals surface area (Å²) >= 11 is 0.630. The highest BCUT2D eigenvalue weighted by molar-refractivity contribution is 7.91. The van der Waals surface area contributed by atoms with E-state index >= 15 is 0 Å². The van der Waals surface area contributed by atoms with Crippen molar-refractivity contribution in [1.29, 1.82) is 0 Å². The summed E-state index contributed by atoms with van der Waals surface area (Å²) in [4.78, 5) is 15.6. The number of amides is 1. The molecule has 11 heteroatoms. The van der Waals surface area contributed by atoms with Crippen LogP contribution in [0.1, 0.15) is 22.8 Å². The quantitative estimate of drug-likeness (QED) is 0.900. The Balaban J connectivity index is 2.20. The predicted octanol–water partition coefficient (Wildman–Crippen LogP) is 2.60. The van der Waals surface area contributed by atoms with Crippen molar-refractivity contribution in [3.05, 3.63) is 35.4 Å². The number of anilines is 1. The van der Waals surface area contributed by atoms with E-state index in [2.05, 4.69) is 14.7 Å². The molecule has 23 heavy (non-hydrogen) atoms. The highest BCUT2D eigenvalue weighted by atomic mass is 32.2. The van der Waals surface area contributed by atoms with E-state index in [9.17, 15) is 26.4 Å². The van der Waals surface area contributed by atoms with E-state index in [4.69, 9.17) is 0 Å². The maximum atomic E-state index is 12.6. The van der Waals surface area contributed by atoms with Crippen LogP contribution in [0.4, 0.5) is 18.3 Å². The summed E-state index contributed by atoms with van der Waals surface area (Å²) < 4.78 is 64.6. The zero-order chi connectivity index (χ0) is 17.3. The summed E-state index contributed by atoms with van der Waals surface area (Å²) in [5.41, 5.74) is -1.19. The minimum Gasteiger partial charge on any atom is -0.297 e. The van der Waals surface area contributed by atoms with E-state index in [0.29, 0.717) is 17.6 Å². The summed E-state index contributed by atoms with van der Waals surface area (Å²) in [6, 6.07) is 3.84. The molecule has 1 N–H and O–H groups in total. The van der Waals surface area contributed by atoms with Gasteiger partial charge in [0, 0.05) is 17.1 Å². The molecule has 0 aliphatic rings.